The Morgan fingerprint density at radius 2 is 2.03 bits per heavy atom. The zero-order valence-corrected chi connectivity index (χ0v) is 16.8. The van der Waals surface area contributed by atoms with E-state index in [4.69, 9.17) is 14.7 Å². The third-order valence-electron chi connectivity index (χ3n) is 4.35. The first kappa shape index (κ1) is 21.3. The lowest BCUT2D eigenvalue weighted by atomic mass is 10.1. The molecule has 0 saturated carbocycles. The number of carbonyl (C=O) groups is 1. The molecule has 0 N–H and O–H groups in total. The highest BCUT2D eigenvalue weighted by Gasteiger charge is 2.23. The maximum Gasteiger partial charge on any atom is 0.318 e. The molecule has 0 radical (unpaired) electrons. The van der Waals surface area contributed by atoms with Gasteiger partial charge in [0.15, 0.2) is 0 Å². The van der Waals surface area contributed by atoms with E-state index >= 15 is 0 Å². The molecule has 1 heterocycles. The molecule has 0 spiro atoms. The van der Waals surface area contributed by atoms with Crippen LogP contribution in [0.1, 0.15) is 27.2 Å². The minimum atomic E-state index is -0.639. The highest BCUT2D eigenvalue weighted by Crippen LogP contribution is 2.24. The van der Waals surface area contributed by atoms with Crippen LogP contribution >= 0.6 is 0 Å². The third kappa shape index (κ3) is 5.13. The number of nitriles is 1. The Morgan fingerprint density at radius 3 is 2.68 bits per heavy atom. The number of carbonyl (C=O) groups excluding carboxylic acids is 1. The fourth-order valence-electron chi connectivity index (χ4n) is 2.84. The average molecular weight is 418 g/mol. The van der Waals surface area contributed by atoms with Crippen molar-refractivity contribution in [3.05, 3.63) is 87.2 Å². The summed E-state index contributed by atoms with van der Waals surface area (Å²) in [6.07, 6.45) is 3.97. The van der Waals surface area contributed by atoms with Crippen LogP contribution in [0.25, 0.3) is 6.08 Å². The summed E-state index contributed by atoms with van der Waals surface area (Å²) >= 11 is 0. The molecular formula is C22H18N4O5. The molecule has 0 unspecified atom stereocenters. The SMILES string of the molecule is COc1ccc(/C=C/C(=O)c2nn(C)cc2[N+](=O)[O-])cc1COc1ccc(C#N)cc1. The highest BCUT2D eigenvalue weighted by atomic mass is 16.6. The summed E-state index contributed by atoms with van der Waals surface area (Å²) in [6, 6.07) is 14.1. The summed E-state index contributed by atoms with van der Waals surface area (Å²) < 4.78 is 12.4. The van der Waals surface area contributed by atoms with Crippen molar-refractivity contribution in [1.82, 2.24) is 9.78 Å². The molecule has 156 valence electrons. The Labute approximate surface area is 177 Å². The van der Waals surface area contributed by atoms with E-state index in [2.05, 4.69) is 5.10 Å². The Hall–Kier alpha value is -4.45. The fraction of sp³-hybridized carbons (Fsp3) is 0.136. The average Bonchev–Trinajstić information content (AvgIpc) is 3.18. The number of aromatic nitrogens is 2. The summed E-state index contributed by atoms with van der Waals surface area (Å²) in [5.41, 5.74) is 1.40. The van der Waals surface area contributed by atoms with Crippen molar-refractivity contribution in [2.24, 2.45) is 7.05 Å². The lowest BCUT2D eigenvalue weighted by molar-refractivity contribution is -0.385. The van der Waals surface area contributed by atoms with Crippen LogP contribution in [-0.4, -0.2) is 27.6 Å². The van der Waals surface area contributed by atoms with Crippen LogP contribution in [-0.2, 0) is 13.7 Å². The van der Waals surface area contributed by atoms with Crippen LogP contribution in [0.15, 0.2) is 54.7 Å². The predicted octanol–water partition coefficient (Wildman–Crippen LogP) is 3.68. The van der Waals surface area contributed by atoms with E-state index in [1.54, 1.807) is 55.7 Å². The van der Waals surface area contributed by atoms with Gasteiger partial charge >= 0.3 is 5.69 Å². The van der Waals surface area contributed by atoms with Gasteiger partial charge in [-0.25, -0.2) is 0 Å². The predicted molar refractivity (Wildman–Crippen MR) is 112 cm³/mol. The number of methoxy groups -OCH3 is 1. The number of rotatable bonds is 8. The summed E-state index contributed by atoms with van der Waals surface area (Å²) in [7, 11) is 3.05. The Balaban J connectivity index is 1.77. The molecule has 9 nitrogen and oxygen atoms in total. The molecule has 0 atom stereocenters. The molecule has 0 aliphatic heterocycles. The van der Waals surface area contributed by atoms with Gasteiger partial charge in [-0.15, -0.1) is 0 Å². The smallest absolute Gasteiger partial charge is 0.318 e. The van der Waals surface area contributed by atoms with Crippen molar-refractivity contribution in [2.75, 3.05) is 7.11 Å². The van der Waals surface area contributed by atoms with E-state index in [-0.39, 0.29) is 18.0 Å². The molecule has 0 saturated heterocycles. The van der Waals surface area contributed by atoms with Crippen LogP contribution in [0.3, 0.4) is 0 Å². The fourth-order valence-corrected chi connectivity index (χ4v) is 2.84. The van der Waals surface area contributed by atoms with Crippen LogP contribution in [0.5, 0.6) is 11.5 Å². The maximum atomic E-state index is 12.4. The second kappa shape index (κ2) is 9.37. The molecule has 3 rings (SSSR count). The number of nitro groups is 1. The summed E-state index contributed by atoms with van der Waals surface area (Å²) in [5, 5.41) is 23.8. The molecule has 0 fully saturated rings. The topological polar surface area (TPSA) is 120 Å². The van der Waals surface area contributed by atoms with Gasteiger partial charge in [-0.3, -0.25) is 19.6 Å². The standard InChI is InChI=1S/C22H18N4O5/c1-25-13-19(26(28)29)22(24-25)20(27)9-5-15-6-10-21(30-2)17(11-15)14-31-18-7-3-16(12-23)4-8-18/h3-11,13H,14H2,1-2H3/b9-5+. The number of allylic oxidation sites excluding steroid dienone is 1. The molecule has 0 aliphatic carbocycles. The van der Waals surface area contributed by atoms with Crippen LogP contribution in [0.2, 0.25) is 0 Å². The Morgan fingerprint density at radius 1 is 1.29 bits per heavy atom. The Bertz CT molecular complexity index is 1190. The maximum absolute atomic E-state index is 12.4. The lowest BCUT2D eigenvalue weighted by Crippen LogP contribution is -2.01. The first-order chi connectivity index (χ1) is 14.9. The first-order valence-corrected chi connectivity index (χ1v) is 9.11. The Kier molecular flexibility index (Phi) is 6.42. The zero-order chi connectivity index (χ0) is 22.4. The van der Waals surface area contributed by atoms with Crippen molar-refractivity contribution in [3.8, 4) is 17.6 Å². The third-order valence-corrected chi connectivity index (χ3v) is 4.35. The number of nitrogens with zero attached hydrogens (tertiary/aromatic N) is 4. The van der Waals surface area contributed by atoms with E-state index in [0.29, 0.717) is 22.6 Å². The number of hydrogen-bond donors (Lipinski definition) is 0. The van der Waals surface area contributed by atoms with Gasteiger partial charge in [-0.05, 0) is 48.0 Å². The van der Waals surface area contributed by atoms with Crippen molar-refractivity contribution in [2.45, 2.75) is 6.61 Å². The normalized spacial score (nSPS) is 10.6. The van der Waals surface area contributed by atoms with Gasteiger partial charge in [0.25, 0.3) is 0 Å². The van der Waals surface area contributed by atoms with Crippen LogP contribution < -0.4 is 9.47 Å². The minimum absolute atomic E-state index is 0.205. The number of aryl methyl sites for hydroxylation is 1. The zero-order valence-electron chi connectivity index (χ0n) is 16.8. The molecule has 31 heavy (non-hydrogen) atoms. The van der Waals surface area contributed by atoms with Crippen molar-refractivity contribution >= 4 is 17.5 Å². The monoisotopic (exact) mass is 418 g/mol. The highest BCUT2D eigenvalue weighted by molar-refractivity contribution is 6.07. The van der Waals surface area contributed by atoms with Crippen molar-refractivity contribution in [3.63, 3.8) is 0 Å². The largest absolute Gasteiger partial charge is 0.496 e. The van der Waals surface area contributed by atoms with E-state index in [1.807, 2.05) is 6.07 Å². The van der Waals surface area contributed by atoms with Crippen molar-refractivity contribution in [1.29, 1.82) is 5.26 Å². The quantitative estimate of drug-likeness (QED) is 0.237. The van der Waals surface area contributed by atoms with E-state index in [9.17, 15) is 14.9 Å². The molecular weight excluding hydrogens is 400 g/mol. The second-order valence-corrected chi connectivity index (χ2v) is 6.49. The van der Waals surface area contributed by atoms with Crippen molar-refractivity contribution < 1.29 is 19.2 Å². The van der Waals surface area contributed by atoms with Gasteiger partial charge in [0.1, 0.15) is 24.3 Å². The van der Waals surface area contributed by atoms with Gasteiger partial charge in [0, 0.05) is 12.6 Å². The number of ether oxygens (including phenoxy) is 2. The van der Waals surface area contributed by atoms with E-state index in [0.717, 1.165) is 5.56 Å². The van der Waals surface area contributed by atoms with Gasteiger partial charge in [-0.1, -0.05) is 12.1 Å². The minimum Gasteiger partial charge on any atom is -0.496 e. The molecule has 1 aromatic heterocycles. The van der Waals surface area contributed by atoms with Gasteiger partial charge in [0.2, 0.25) is 11.5 Å². The molecule has 0 aliphatic rings. The summed E-state index contributed by atoms with van der Waals surface area (Å²) in [4.78, 5) is 22.8. The van der Waals surface area contributed by atoms with E-state index < -0.39 is 10.7 Å². The molecule has 3 aromatic rings. The molecule has 0 bridgehead atoms. The molecule has 9 heteroatoms. The first-order valence-electron chi connectivity index (χ1n) is 9.11. The molecule has 0 amide bonds. The van der Waals surface area contributed by atoms with E-state index in [1.165, 1.54) is 24.0 Å². The van der Waals surface area contributed by atoms with Crippen LogP contribution in [0, 0.1) is 21.4 Å². The van der Waals surface area contributed by atoms with Gasteiger partial charge < -0.3 is 9.47 Å². The summed E-state index contributed by atoms with van der Waals surface area (Å²) in [5.74, 6) is 0.635. The number of benzene rings is 2. The van der Waals surface area contributed by atoms with Crippen LogP contribution in [0.4, 0.5) is 5.69 Å². The second-order valence-electron chi connectivity index (χ2n) is 6.49. The van der Waals surface area contributed by atoms with Gasteiger partial charge in [-0.2, -0.15) is 10.4 Å². The summed E-state index contributed by atoms with van der Waals surface area (Å²) in [6.45, 7) is 0.205. The molecule has 2 aromatic carbocycles. The number of ketones is 1. The lowest BCUT2D eigenvalue weighted by Gasteiger charge is -2.11. The number of hydrogen-bond acceptors (Lipinski definition) is 7. The van der Waals surface area contributed by atoms with Gasteiger partial charge in [0.05, 0.1) is 23.7 Å².